The summed E-state index contributed by atoms with van der Waals surface area (Å²) in [6, 6.07) is 11.8. The Hall–Kier alpha value is -2.10. The van der Waals surface area contributed by atoms with Gasteiger partial charge in [0.25, 0.3) is 0 Å². The highest BCUT2D eigenvalue weighted by Crippen LogP contribution is 2.22. The molecule has 26 heavy (non-hydrogen) atoms. The molecule has 140 valence electrons. The molecule has 10 heteroatoms. The second-order valence-corrected chi connectivity index (χ2v) is 9.96. The van der Waals surface area contributed by atoms with Gasteiger partial charge in [0, 0.05) is 17.0 Å². The van der Waals surface area contributed by atoms with Gasteiger partial charge in [0.05, 0.1) is 16.8 Å². The van der Waals surface area contributed by atoms with Crippen molar-refractivity contribution in [3.8, 4) is 0 Å². The Morgan fingerprint density at radius 1 is 1.04 bits per heavy atom. The van der Waals surface area contributed by atoms with E-state index in [9.17, 15) is 21.6 Å². The molecule has 0 saturated heterocycles. The number of nitrogens with zero attached hydrogens (tertiary/aromatic N) is 1. The van der Waals surface area contributed by atoms with Gasteiger partial charge in [0.2, 0.25) is 15.9 Å². The fraction of sp³-hybridized carbons (Fsp3) is 0.188. The number of sulfonamides is 1. The van der Waals surface area contributed by atoms with E-state index in [0.717, 1.165) is 16.8 Å². The lowest BCUT2D eigenvalue weighted by Crippen LogP contribution is -2.37. The molecule has 0 aliphatic heterocycles. The summed E-state index contributed by atoms with van der Waals surface area (Å²) in [6.07, 6.45) is 2.03. The van der Waals surface area contributed by atoms with Crippen molar-refractivity contribution in [1.82, 2.24) is 0 Å². The molecule has 2 aromatic carbocycles. The van der Waals surface area contributed by atoms with Crippen molar-refractivity contribution in [2.45, 2.75) is 4.90 Å². The molecular formula is C16H17ClN2O5S2. The largest absolute Gasteiger partial charge is 0.324 e. The Morgan fingerprint density at radius 2 is 1.69 bits per heavy atom. The van der Waals surface area contributed by atoms with Crippen LogP contribution in [0.4, 0.5) is 11.4 Å². The van der Waals surface area contributed by atoms with Crippen molar-refractivity contribution >= 4 is 48.7 Å². The van der Waals surface area contributed by atoms with Gasteiger partial charge < -0.3 is 5.32 Å². The van der Waals surface area contributed by atoms with Gasteiger partial charge in [0.15, 0.2) is 9.84 Å². The van der Waals surface area contributed by atoms with Crippen LogP contribution in [0.2, 0.25) is 5.02 Å². The van der Waals surface area contributed by atoms with E-state index in [1.165, 1.54) is 36.4 Å². The molecular weight excluding hydrogens is 400 g/mol. The predicted octanol–water partition coefficient (Wildman–Crippen LogP) is 2.15. The van der Waals surface area contributed by atoms with Crippen molar-refractivity contribution in [3.05, 3.63) is 53.6 Å². The minimum absolute atomic E-state index is 0.0464. The second-order valence-electron chi connectivity index (χ2n) is 5.60. The molecule has 2 aromatic rings. The fourth-order valence-corrected chi connectivity index (χ4v) is 3.87. The van der Waals surface area contributed by atoms with E-state index in [4.69, 9.17) is 11.6 Å². The number of benzene rings is 2. The molecule has 1 N–H and O–H groups in total. The highest BCUT2D eigenvalue weighted by Gasteiger charge is 2.21. The summed E-state index contributed by atoms with van der Waals surface area (Å²) >= 11 is 5.89. The SMILES string of the molecule is CS(=O)(=O)c1cccc(NC(=O)CN(c2cccc(Cl)c2)S(C)(=O)=O)c1. The molecule has 2 rings (SSSR count). The Labute approximate surface area is 157 Å². The lowest BCUT2D eigenvalue weighted by Gasteiger charge is -2.22. The summed E-state index contributed by atoms with van der Waals surface area (Å²) in [6.45, 7) is -0.484. The minimum atomic E-state index is -3.74. The summed E-state index contributed by atoms with van der Waals surface area (Å²) in [4.78, 5) is 12.3. The van der Waals surface area contributed by atoms with Crippen LogP contribution in [0.5, 0.6) is 0 Å². The zero-order valence-electron chi connectivity index (χ0n) is 14.0. The standard InChI is InChI=1S/C16H17ClN2O5S2/c1-25(21,22)15-8-4-6-13(10-15)18-16(20)11-19(26(2,23)24)14-7-3-5-12(17)9-14/h3-10H,11H2,1-2H3,(H,18,20). The third kappa shape index (κ3) is 5.45. The maximum atomic E-state index is 12.3. The predicted molar refractivity (Wildman–Crippen MR) is 102 cm³/mol. The minimum Gasteiger partial charge on any atom is -0.324 e. The first-order chi connectivity index (χ1) is 12.0. The fourth-order valence-electron chi connectivity index (χ4n) is 2.17. The lowest BCUT2D eigenvalue weighted by molar-refractivity contribution is -0.114. The number of halogens is 1. The normalized spacial score (nSPS) is 11.8. The summed E-state index contributed by atoms with van der Waals surface area (Å²) in [7, 11) is -7.16. The van der Waals surface area contributed by atoms with E-state index in [2.05, 4.69) is 5.32 Å². The van der Waals surface area contributed by atoms with E-state index in [1.807, 2.05) is 0 Å². The first-order valence-electron chi connectivity index (χ1n) is 7.30. The van der Waals surface area contributed by atoms with Crippen molar-refractivity contribution in [1.29, 1.82) is 0 Å². The van der Waals surface area contributed by atoms with Gasteiger partial charge >= 0.3 is 0 Å². The van der Waals surface area contributed by atoms with Gasteiger partial charge in [-0.2, -0.15) is 0 Å². The quantitative estimate of drug-likeness (QED) is 0.777. The molecule has 0 aliphatic carbocycles. The monoisotopic (exact) mass is 416 g/mol. The van der Waals surface area contributed by atoms with Crippen LogP contribution in [-0.2, 0) is 24.7 Å². The second kappa shape index (κ2) is 7.65. The summed E-state index contributed by atoms with van der Waals surface area (Å²) in [5.74, 6) is -0.624. The molecule has 0 unspecified atom stereocenters. The molecule has 0 spiro atoms. The van der Waals surface area contributed by atoms with E-state index >= 15 is 0 Å². The van der Waals surface area contributed by atoms with Crippen LogP contribution in [0.15, 0.2) is 53.4 Å². The summed E-state index contributed by atoms with van der Waals surface area (Å²) < 4.78 is 48.2. The van der Waals surface area contributed by atoms with Crippen LogP contribution in [-0.4, -0.2) is 41.8 Å². The number of hydrogen-bond acceptors (Lipinski definition) is 5. The Bertz CT molecular complexity index is 1040. The molecule has 1 amide bonds. The zero-order chi connectivity index (χ0) is 19.5. The van der Waals surface area contributed by atoms with Crippen LogP contribution in [0.3, 0.4) is 0 Å². The molecule has 0 atom stereocenters. The first-order valence-corrected chi connectivity index (χ1v) is 11.4. The van der Waals surface area contributed by atoms with Crippen LogP contribution in [0.25, 0.3) is 0 Å². The molecule has 0 aromatic heterocycles. The topological polar surface area (TPSA) is 101 Å². The van der Waals surface area contributed by atoms with Gasteiger partial charge in [-0.1, -0.05) is 23.7 Å². The van der Waals surface area contributed by atoms with Crippen molar-refractivity contribution in [2.75, 3.05) is 28.7 Å². The molecule has 7 nitrogen and oxygen atoms in total. The van der Waals surface area contributed by atoms with Crippen LogP contribution < -0.4 is 9.62 Å². The van der Waals surface area contributed by atoms with E-state index in [0.29, 0.717) is 5.02 Å². The van der Waals surface area contributed by atoms with Gasteiger partial charge in [-0.3, -0.25) is 9.10 Å². The number of nitrogens with one attached hydrogen (secondary N) is 1. The molecule has 0 radical (unpaired) electrons. The molecule has 0 fully saturated rings. The number of rotatable bonds is 6. The number of anilines is 2. The number of sulfone groups is 1. The summed E-state index contributed by atoms with van der Waals surface area (Å²) in [5.41, 5.74) is 0.498. The molecule has 0 aliphatic rings. The van der Waals surface area contributed by atoms with Crippen molar-refractivity contribution in [3.63, 3.8) is 0 Å². The first kappa shape index (κ1) is 20.2. The third-order valence-electron chi connectivity index (χ3n) is 3.33. The van der Waals surface area contributed by atoms with E-state index < -0.39 is 32.3 Å². The highest BCUT2D eigenvalue weighted by molar-refractivity contribution is 7.92. The lowest BCUT2D eigenvalue weighted by atomic mass is 10.3. The number of carbonyl (C=O) groups is 1. The average molecular weight is 417 g/mol. The van der Waals surface area contributed by atoms with Gasteiger partial charge in [-0.25, -0.2) is 16.8 Å². The highest BCUT2D eigenvalue weighted by atomic mass is 35.5. The molecule has 0 bridgehead atoms. The van der Waals surface area contributed by atoms with Crippen molar-refractivity contribution < 1.29 is 21.6 Å². The van der Waals surface area contributed by atoms with Crippen LogP contribution >= 0.6 is 11.6 Å². The number of amides is 1. The number of hydrogen-bond donors (Lipinski definition) is 1. The Kier molecular flexibility index (Phi) is 5.94. The average Bonchev–Trinajstić information content (AvgIpc) is 2.51. The van der Waals surface area contributed by atoms with Crippen LogP contribution in [0, 0.1) is 0 Å². The Balaban J connectivity index is 2.24. The van der Waals surface area contributed by atoms with Crippen LogP contribution in [0.1, 0.15) is 0 Å². The van der Waals surface area contributed by atoms with E-state index in [1.54, 1.807) is 12.1 Å². The van der Waals surface area contributed by atoms with Gasteiger partial charge in [-0.15, -0.1) is 0 Å². The van der Waals surface area contributed by atoms with E-state index in [-0.39, 0.29) is 16.3 Å². The third-order valence-corrected chi connectivity index (χ3v) is 5.82. The molecule has 0 heterocycles. The smallest absolute Gasteiger partial charge is 0.245 e. The molecule has 0 saturated carbocycles. The maximum Gasteiger partial charge on any atom is 0.245 e. The summed E-state index contributed by atoms with van der Waals surface area (Å²) in [5, 5.41) is 2.83. The van der Waals surface area contributed by atoms with Gasteiger partial charge in [0.1, 0.15) is 6.54 Å². The zero-order valence-corrected chi connectivity index (χ0v) is 16.4. The maximum absolute atomic E-state index is 12.3. The Morgan fingerprint density at radius 3 is 2.27 bits per heavy atom. The van der Waals surface area contributed by atoms with Gasteiger partial charge in [-0.05, 0) is 36.4 Å². The van der Waals surface area contributed by atoms with Crippen molar-refractivity contribution in [2.24, 2.45) is 0 Å². The number of carbonyl (C=O) groups excluding carboxylic acids is 1.